The fraction of sp³-hybridized carbons (Fsp3) is 0.273. The molecule has 0 atom stereocenters. The molecule has 2 N–H and O–H groups in total. The van der Waals surface area contributed by atoms with Crippen LogP contribution in [0.5, 0.6) is 5.75 Å². The summed E-state index contributed by atoms with van der Waals surface area (Å²) >= 11 is 0. The van der Waals surface area contributed by atoms with Gasteiger partial charge in [-0.1, -0.05) is 0 Å². The summed E-state index contributed by atoms with van der Waals surface area (Å²) < 4.78 is 70.0. The van der Waals surface area contributed by atoms with Gasteiger partial charge >= 0.3 is 0 Å². The Labute approximate surface area is 99.8 Å². The van der Waals surface area contributed by atoms with Crippen molar-refractivity contribution in [1.82, 2.24) is 0 Å². The molecule has 1 aromatic rings. The molecule has 0 radical (unpaired) electrons. The summed E-state index contributed by atoms with van der Waals surface area (Å²) in [4.78, 5) is 0. The van der Waals surface area contributed by atoms with Gasteiger partial charge in [-0.2, -0.15) is 8.78 Å². The van der Waals surface area contributed by atoms with Gasteiger partial charge in [0.2, 0.25) is 11.6 Å². The Balaban J connectivity index is 3.38. The monoisotopic (exact) mass is 267 g/mol. The largest absolute Gasteiger partial charge is 0.491 e. The maximum atomic E-state index is 13.5. The van der Waals surface area contributed by atoms with Crippen molar-refractivity contribution in [1.29, 1.82) is 0 Å². The Morgan fingerprint density at radius 3 is 1.94 bits per heavy atom. The first-order valence-electron chi connectivity index (χ1n) is 4.84. The zero-order valence-corrected chi connectivity index (χ0v) is 9.37. The Morgan fingerprint density at radius 1 is 1.11 bits per heavy atom. The third-order valence-corrected chi connectivity index (χ3v) is 2.34. The SMILES string of the molecule is COc1c(F)c(F)c(C/C(=C/F)CN)c(F)c1F. The van der Waals surface area contributed by atoms with Crippen LogP contribution in [-0.2, 0) is 6.42 Å². The highest BCUT2D eigenvalue weighted by Gasteiger charge is 2.26. The third-order valence-electron chi connectivity index (χ3n) is 2.34. The molecule has 0 bridgehead atoms. The molecular weight excluding hydrogens is 257 g/mol. The minimum Gasteiger partial charge on any atom is -0.491 e. The normalized spacial score (nSPS) is 11.8. The molecule has 0 heterocycles. The Hall–Kier alpha value is -1.63. The quantitative estimate of drug-likeness (QED) is 0.672. The molecule has 7 heteroatoms. The number of hydrogen-bond acceptors (Lipinski definition) is 2. The lowest BCUT2D eigenvalue weighted by Crippen LogP contribution is -2.11. The molecule has 0 saturated carbocycles. The van der Waals surface area contributed by atoms with Gasteiger partial charge in [-0.05, 0) is 5.57 Å². The standard InChI is InChI=1S/C11H10F5NO/c1-18-11-9(15)7(13)6(8(14)10(11)16)2-5(3-12)4-17/h3H,2,4,17H2,1H3/b5-3-. The second-order valence-corrected chi connectivity index (χ2v) is 3.42. The van der Waals surface area contributed by atoms with Crippen LogP contribution in [0.25, 0.3) is 0 Å². The van der Waals surface area contributed by atoms with Crippen molar-refractivity contribution in [2.24, 2.45) is 5.73 Å². The van der Waals surface area contributed by atoms with Crippen LogP contribution < -0.4 is 10.5 Å². The van der Waals surface area contributed by atoms with Gasteiger partial charge in [0.05, 0.1) is 13.4 Å². The van der Waals surface area contributed by atoms with Crippen LogP contribution in [-0.4, -0.2) is 13.7 Å². The van der Waals surface area contributed by atoms with E-state index >= 15 is 0 Å². The zero-order chi connectivity index (χ0) is 13.9. The molecule has 1 aromatic carbocycles. The summed E-state index contributed by atoms with van der Waals surface area (Å²) in [6.07, 6.45) is -0.624. The summed E-state index contributed by atoms with van der Waals surface area (Å²) in [6, 6.07) is 0. The first-order valence-corrected chi connectivity index (χ1v) is 4.84. The van der Waals surface area contributed by atoms with Crippen LogP contribution in [0, 0.1) is 23.3 Å². The predicted octanol–water partition coefficient (Wildman–Crippen LogP) is 2.61. The lowest BCUT2D eigenvalue weighted by molar-refractivity contribution is 0.329. The number of methoxy groups -OCH3 is 1. The molecule has 0 amide bonds. The van der Waals surface area contributed by atoms with E-state index < -0.39 is 41.0 Å². The van der Waals surface area contributed by atoms with Crippen LogP contribution in [0.3, 0.4) is 0 Å². The molecule has 18 heavy (non-hydrogen) atoms. The number of rotatable bonds is 4. The topological polar surface area (TPSA) is 35.2 Å². The van der Waals surface area contributed by atoms with Crippen molar-refractivity contribution in [2.75, 3.05) is 13.7 Å². The van der Waals surface area contributed by atoms with Crippen molar-refractivity contribution >= 4 is 0 Å². The zero-order valence-electron chi connectivity index (χ0n) is 9.37. The molecule has 0 aliphatic carbocycles. The molecule has 0 spiro atoms. The predicted molar refractivity (Wildman–Crippen MR) is 54.8 cm³/mol. The van der Waals surface area contributed by atoms with Gasteiger partial charge in [-0.25, -0.2) is 13.2 Å². The molecule has 0 unspecified atom stereocenters. The summed E-state index contributed by atoms with van der Waals surface area (Å²) in [6.45, 7) is -0.329. The molecule has 0 saturated heterocycles. The number of benzene rings is 1. The fourth-order valence-corrected chi connectivity index (χ4v) is 1.37. The lowest BCUT2D eigenvalue weighted by atomic mass is 10.0. The number of nitrogens with two attached hydrogens (primary N) is 1. The van der Waals surface area contributed by atoms with E-state index in [4.69, 9.17) is 5.73 Å². The smallest absolute Gasteiger partial charge is 0.204 e. The van der Waals surface area contributed by atoms with E-state index in [0.29, 0.717) is 0 Å². The molecular formula is C11H10F5NO. The lowest BCUT2D eigenvalue weighted by Gasteiger charge is -2.11. The molecule has 100 valence electrons. The number of hydrogen-bond donors (Lipinski definition) is 1. The van der Waals surface area contributed by atoms with E-state index in [1.165, 1.54) is 0 Å². The van der Waals surface area contributed by atoms with E-state index in [-0.39, 0.29) is 18.4 Å². The second kappa shape index (κ2) is 5.81. The highest BCUT2D eigenvalue weighted by atomic mass is 19.2. The van der Waals surface area contributed by atoms with E-state index in [1.54, 1.807) is 0 Å². The third kappa shape index (κ3) is 2.45. The molecule has 0 aliphatic rings. The van der Waals surface area contributed by atoms with E-state index in [1.807, 2.05) is 0 Å². The van der Waals surface area contributed by atoms with Gasteiger partial charge in [0.1, 0.15) is 0 Å². The van der Waals surface area contributed by atoms with Crippen molar-refractivity contribution in [2.45, 2.75) is 6.42 Å². The van der Waals surface area contributed by atoms with Gasteiger partial charge in [0.25, 0.3) is 0 Å². The van der Waals surface area contributed by atoms with Crippen LogP contribution in [0.15, 0.2) is 11.9 Å². The average molecular weight is 267 g/mol. The van der Waals surface area contributed by atoms with Crippen LogP contribution in [0.1, 0.15) is 5.56 Å². The van der Waals surface area contributed by atoms with Crippen molar-refractivity contribution in [3.8, 4) is 5.75 Å². The second-order valence-electron chi connectivity index (χ2n) is 3.42. The van der Waals surface area contributed by atoms with E-state index in [0.717, 1.165) is 7.11 Å². The van der Waals surface area contributed by atoms with Crippen molar-refractivity contribution < 1.29 is 26.7 Å². The summed E-state index contributed by atoms with van der Waals surface area (Å²) in [5.41, 5.74) is 3.97. The highest BCUT2D eigenvalue weighted by molar-refractivity contribution is 5.36. The van der Waals surface area contributed by atoms with Crippen LogP contribution in [0.2, 0.25) is 0 Å². The van der Waals surface area contributed by atoms with Crippen molar-refractivity contribution in [3.05, 3.63) is 40.7 Å². The fourth-order valence-electron chi connectivity index (χ4n) is 1.37. The maximum absolute atomic E-state index is 13.5. The maximum Gasteiger partial charge on any atom is 0.204 e. The van der Waals surface area contributed by atoms with Crippen LogP contribution >= 0.6 is 0 Å². The van der Waals surface area contributed by atoms with Gasteiger partial charge in [0, 0.05) is 18.5 Å². The van der Waals surface area contributed by atoms with Gasteiger partial charge in [-0.15, -0.1) is 0 Å². The number of halogens is 5. The molecule has 0 aliphatic heterocycles. The first kappa shape index (κ1) is 14.4. The molecule has 2 nitrogen and oxygen atoms in total. The van der Waals surface area contributed by atoms with Gasteiger partial charge in [0.15, 0.2) is 17.4 Å². The first-order chi connectivity index (χ1) is 8.47. The van der Waals surface area contributed by atoms with Crippen molar-refractivity contribution in [3.63, 3.8) is 0 Å². The number of ether oxygens (including phenoxy) is 1. The Kier molecular flexibility index (Phi) is 4.66. The summed E-state index contributed by atoms with van der Waals surface area (Å²) in [5.74, 6) is -7.74. The molecule has 1 rings (SSSR count). The average Bonchev–Trinajstić information content (AvgIpc) is 2.38. The van der Waals surface area contributed by atoms with Crippen LogP contribution in [0.4, 0.5) is 22.0 Å². The van der Waals surface area contributed by atoms with Gasteiger partial charge in [-0.3, -0.25) is 0 Å². The Bertz CT molecular complexity index is 458. The van der Waals surface area contributed by atoms with E-state index in [9.17, 15) is 22.0 Å². The van der Waals surface area contributed by atoms with E-state index in [2.05, 4.69) is 4.74 Å². The molecule has 0 fully saturated rings. The Morgan fingerprint density at radius 2 is 1.61 bits per heavy atom. The minimum atomic E-state index is -1.67. The molecule has 0 aromatic heterocycles. The minimum absolute atomic E-state index is 0.0406. The highest BCUT2D eigenvalue weighted by Crippen LogP contribution is 2.30. The summed E-state index contributed by atoms with van der Waals surface area (Å²) in [7, 11) is 0.868. The summed E-state index contributed by atoms with van der Waals surface area (Å²) in [5, 5.41) is 0. The van der Waals surface area contributed by atoms with Gasteiger partial charge < -0.3 is 10.5 Å².